The van der Waals surface area contributed by atoms with Crippen molar-refractivity contribution in [1.29, 1.82) is 0 Å². The average Bonchev–Trinajstić information content (AvgIpc) is 3.12. The van der Waals surface area contributed by atoms with E-state index in [1.165, 1.54) is 19.1 Å². The monoisotopic (exact) mass is 413 g/mol. The van der Waals surface area contributed by atoms with E-state index in [1.807, 2.05) is 6.92 Å². The number of imidazole rings is 1. The van der Waals surface area contributed by atoms with Gasteiger partial charge in [0.25, 0.3) is 5.91 Å². The number of alkyl halides is 3. The van der Waals surface area contributed by atoms with Gasteiger partial charge in [0.1, 0.15) is 10.6 Å². The molecule has 7 nitrogen and oxygen atoms in total. The summed E-state index contributed by atoms with van der Waals surface area (Å²) in [7, 11) is 0. The van der Waals surface area contributed by atoms with E-state index in [4.69, 9.17) is 4.74 Å². The Morgan fingerprint density at radius 1 is 1.21 bits per heavy atom. The van der Waals surface area contributed by atoms with Crippen LogP contribution >= 0.6 is 11.3 Å². The van der Waals surface area contributed by atoms with Crippen molar-refractivity contribution in [1.82, 2.24) is 9.38 Å². The maximum Gasteiger partial charge on any atom is 0.573 e. The van der Waals surface area contributed by atoms with Crippen molar-refractivity contribution in [3.63, 3.8) is 0 Å². The van der Waals surface area contributed by atoms with Crippen LogP contribution in [0.15, 0.2) is 36.7 Å². The number of ether oxygens (including phenoxy) is 2. The zero-order valence-corrected chi connectivity index (χ0v) is 15.4. The van der Waals surface area contributed by atoms with Crippen molar-refractivity contribution >= 4 is 33.9 Å². The van der Waals surface area contributed by atoms with Crippen molar-refractivity contribution in [2.75, 3.05) is 5.32 Å². The molecule has 2 heterocycles. The van der Waals surface area contributed by atoms with Gasteiger partial charge in [-0.2, -0.15) is 0 Å². The largest absolute Gasteiger partial charge is 0.573 e. The number of nitrogens with one attached hydrogen (secondary N) is 1. The van der Waals surface area contributed by atoms with E-state index < -0.39 is 30.1 Å². The fraction of sp³-hybridized carbons (Fsp3) is 0.235. The van der Waals surface area contributed by atoms with Gasteiger partial charge in [-0.3, -0.25) is 9.20 Å². The molecule has 0 aliphatic rings. The van der Waals surface area contributed by atoms with Crippen LogP contribution in [-0.4, -0.2) is 33.7 Å². The second-order valence-electron chi connectivity index (χ2n) is 5.78. The van der Waals surface area contributed by atoms with Crippen LogP contribution in [0.4, 0.5) is 18.9 Å². The lowest BCUT2D eigenvalue weighted by Gasteiger charge is -2.13. The summed E-state index contributed by atoms with van der Waals surface area (Å²) in [4.78, 5) is 29.5. The van der Waals surface area contributed by atoms with Gasteiger partial charge in [-0.15, -0.1) is 13.2 Å². The minimum absolute atomic E-state index is 0.229. The molecule has 1 aromatic carbocycles. The number of amides is 1. The van der Waals surface area contributed by atoms with Gasteiger partial charge in [0.2, 0.25) is 0 Å². The van der Waals surface area contributed by atoms with Crippen LogP contribution in [0.25, 0.3) is 4.96 Å². The third-order valence-electron chi connectivity index (χ3n) is 3.49. The summed E-state index contributed by atoms with van der Waals surface area (Å²) >= 11 is 1.13. The first-order valence-electron chi connectivity index (χ1n) is 7.93. The topological polar surface area (TPSA) is 81.9 Å². The third-order valence-corrected chi connectivity index (χ3v) is 4.46. The molecule has 0 aliphatic carbocycles. The molecule has 0 saturated heterocycles. The Morgan fingerprint density at radius 2 is 1.89 bits per heavy atom. The number of benzene rings is 1. The summed E-state index contributed by atoms with van der Waals surface area (Å²) in [6, 6.07) is 4.60. The molecule has 11 heteroatoms. The van der Waals surface area contributed by atoms with Gasteiger partial charge in [-0.1, -0.05) is 11.3 Å². The lowest BCUT2D eigenvalue weighted by atomic mass is 10.3. The van der Waals surface area contributed by atoms with Crippen LogP contribution in [0, 0.1) is 6.92 Å². The lowest BCUT2D eigenvalue weighted by Crippen LogP contribution is -2.29. The number of halogens is 3. The number of fused-ring (bicyclic) bond motifs is 1. The second kappa shape index (κ2) is 7.50. The molecule has 0 unspecified atom stereocenters. The lowest BCUT2D eigenvalue weighted by molar-refractivity contribution is -0.274. The minimum Gasteiger partial charge on any atom is -0.448 e. The molecular weight excluding hydrogens is 399 g/mol. The highest BCUT2D eigenvalue weighted by atomic mass is 32.1. The Balaban J connectivity index is 1.57. The Kier molecular flexibility index (Phi) is 5.27. The molecule has 0 fully saturated rings. The van der Waals surface area contributed by atoms with Gasteiger partial charge >= 0.3 is 12.3 Å². The highest BCUT2D eigenvalue weighted by molar-refractivity contribution is 7.18. The predicted octanol–water partition coefficient (Wildman–Crippen LogP) is 3.79. The number of aryl methyl sites for hydroxylation is 1. The quantitative estimate of drug-likeness (QED) is 0.644. The fourth-order valence-electron chi connectivity index (χ4n) is 2.26. The molecular formula is C17H14F3N3O4S. The molecule has 0 bridgehead atoms. The number of carbonyl (C=O) groups excluding carboxylic acids is 2. The molecule has 148 valence electrons. The zero-order valence-electron chi connectivity index (χ0n) is 14.6. The molecule has 28 heavy (non-hydrogen) atoms. The molecule has 1 amide bonds. The van der Waals surface area contributed by atoms with E-state index in [0.717, 1.165) is 29.2 Å². The number of carbonyl (C=O) groups is 2. The molecule has 3 rings (SSSR count). The number of esters is 1. The van der Waals surface area contributed by atoms with Gasteiger partial charge in [0.05, 0.1) is 5.69 Å². The first-order valence-corrected chi connectivity index (χ1v) is 8.75. The van der Waals surface area contributed by atoms with Gasteiger partial charge in [-0.25, -0.2) is 9.78 Å². The smallest absolute Gasteiger partial charge is 0.448 e. The standard InChI is InChI=1S/C17H14F3N3O4S/c1-9-7-23-8-13(28-16(23)21-9)15(25)26-10(2)14(24)22-11-3-5-12(6-4-11)27-17(18,19)20/h3-8,10H,1-2H3,(H,22,24)/t10-/m1/s1. The Morgan fingerprint density at radius 3 is 2.50 bits per heavy atom. The molecule has 0 radical (unpaired) electrons. The first kappa shape index (κ1) is 19.7. The normalized spacial score (nSPS) is 12.6. The molecule has 1 atom stereocenters. The van der Waals surface area contributed by atoms with Gasteiger partial charge < -0.3 is 14.8 Å². The van der Waals surface area contributed by atoms with Crippen LogP contribution in [0.5, 0.6) is 5.75 Å². The van der Waals surface area contributed by atoms with Gasteiger partial charge in [0.15, 0.2) is 11.1 Å². The highest BCUT2D eigenvalue weighted by Gasteiger charge is 2.31. The summed E-state index contributed by atoms with van der Waals surface area (Å²) in [6.07, 6.45) is -2.60. The average molecular weight is 413 g/mol. The van der Waals surface area contributed by atoms with Crippen molar-refractivity contribution < 1.29 is 32.2 Å². The van der Waals surface area contributed by atoms with E-state index in [2.05, 4.69) is 15.0 Å². The summed E-state index contributed by atoms with van der Waals surface area (Å²) in [5.74, 6) is -1.72. The number of nitrogens with zero attached hydrogens (tertiary/aromatic N) is 2. The van der Waals surface area contributed by atoms with E-state index in [9.17, 15) is 22.8 Å². The van der Waals surface area contributed by atoms with Gasteiger partial charge in [0, 0.05) is 18.1 Å². The van der Waals surface area contributed by atoms with E-state index in [-0.39, 0.29) is 10.6 Å². The number of hydrogen-bond donors (Lipinski definition) is 1. The van der Waals surface area contributed by atoms with Crippen LogP contribution in [0.2, 0.25) is 0 Å². The number of anilines is 1. The summed E-state index contributed by atoms with van der Waals surface area (Å²) in [6.45, 7) is 3.21. The SMILES string of the molecule is Cc1cn2cc(C(=O)O[C@H](C)C(=O)Nc3ccc(OC(F)(F)F)cc3)sc2n1. The number of thiazole rings is 1. The van der Waals surface area contributed by atoms with Crippen LogP contribution in [0.1, 0.15) is 22.3 Å². The van der Waals surface area contributed by atoms with Crippen LogP contribution < -0.4 is 10.1 Å². The molecule has 1 N–H and O–H groups in total. The van der Waals surface area contributed by atoms with Crippen molar-refractivity contribution in [2.45, 2.75) is 26.3 Å². The summed E-state index contributed by atoms with van der Waals surface area (Å²) in [5, 5.41) is 2.45. The molecule has 0 spiro atoms. The zero-order chi connectivity index (χ0) is 20.5. The number of aromatic nitrogens is 2. The Bertz CT molecular complexity index is 979. The number of hydrogen-bond acceptors (Lipinski definition) is 6. The van der Waals surface area contributed by atoms with Crippen molar-refractivity contribution in [3.8, 4) is 5.75 Å². The second-order valence-corrected chi connectivity index (χ2v) is 6.79. The van der Waals surface area contributed by atoms with Crippen LogP contribution in [-0.2, 0) is 9.53 Å². The van der Waals surface area contributed by atoms with Crippen molar-refractivity contribution in [2.24, 2.45) is 0 Å². The minimum atomic E-state index is -4.80. The number of rotatable bonds is 5. The van der Waals surface area contributed by atoms with E-state index in [0.29, 0.717) is 4.96 Å². The molecule has 0 saturated carbocycles. The predicted molar refractivity (Wildman–Crippen MR) is 94.4 cm³/mol. The Hall–Kier alpha value is -3.08. The van der Waals surface area contributed by atoms with Gasteiger partial charge in [-0.05, 0) is 38.1 Å². The maximum absolute atomic E-state index is 12.2. The molecule has 0 aliphatic heterocycles. The highest BCUT2D eigenvalue weighted by Crippen LogP contribution is 2.24. The van der Waals surface area contributed by atoms with Crippen molar-refractivity contribution in [3.05, 3.63) is 47.2 Å². The molecule has 2 aromatic heterocycles. The van der Waals surface area contributed by atoms with E-state index >= 15 is 0 Å². The summed E-state index contributed by atoms with van der Waals surface area (Å²) < 4.78 is 47.0. The van der Waals surface area contributed by atoms with E-state index in [1.54, 1.807) is 16.8 Å². The first-order chi connectivity index (χ1) is 13.1. The van der Waals surface area contributed by atoms with Crippen LogP contribution in [0.3, 0.4) is 0 Å². The maximum atomic E-state index is 12.2. The Labute approximate surface area is 160 Å². The molecule has 3 aromatic rings. The fourth-order valence-corrected chi connectivity index (χ4v) is 3.16. The summed E-state index contributed by atoms with van der Waals surface area (Å²) in [5.41, 5.74) is 1.04. The third kappa shape index (κ3) is 4.80.